The van der Waals surface area contributed by atoms with Crippen molar-refractivity contribution in [2.24, 2.45) is 5.92 Å². The van der Waals surface area contributed by atoms with Gasteiger partial charge in [-0.3, -0.25) is 0 Å². The zero-order chi connectivity index (χ0) is 32.1. The lowest BCUT2D eigenvalue weighted by Gasteiger charge is -2.40. The van der Waals surface area contributed by atoms with Crippen molar-refractivity contribution >= 4 is 14.3 Å². The molecule has 4 heterocycles. The standard InChI is InChI=1S/C36H56O7Si/c1-24-17-18-39-28(20-24)15-16-31(43-44(7,8)36(4,5)6)32-23-33-35(42-33)30(37)22-26(3)19-25(2)21-29-13-9-11-27(40-29)12-10-14-34(38)41-32/h9-11,14-17,25,27-33,35,37H,3,12-13,18-23H2,1-2,4-8H3/t25-,27-,28+,29-,30-,31-,32-,33-,35-/m0/s1. The second-order valence-electron chi connectivity index (χ2n) is 14.9. The zero-order valence-corrected chi connectivity index (χ0v) is 29.0. The molecular formula is C36H56O7Si. The molecule has 4 rings (SSSR count). The van der Waals surface area contributed by atoms with Crippen molar-refractivity contribution in [3.63, 3.8) is 0 Å². The third kappa shape index (κ3) is 10.4. The molecule has 4 aliphatic rings. The molecule has 1 N–H and O–H groups in total. The molecule has 1 saturated heterocycles. The number of rotatable bonds is 5. The minimum absolute atomic E-state index is 0.0448. The van der Waals surface area contributed by atoms with Crippen molar-refractivity contribution in [1.29, 1.82) is 0 Å². The summed E-state index contributed by atoms with van der Waals surface area (Å²) >= 11 is 0. The molecule has 0 aliphatic carbocycles. The van der Waals surface area contributed by atoms with E-state index in [0.717, 1.165) is 31.3 Å². The largest absolute Gasteiger partial charge is 0.456 e. The number of fused-ring (bicyclic) bond motifs is 3. The number of carbonyl (C=O) groups excluding carboxylic acids is 1. The molecule has 0 amide bonds. The van der Waals surface area contributed by atoms with Gasteiger partial charge in [0, 0.05) is 12.5 Å². The van der Waals surface area contributed by atoms with Gasteiger partial charge in [-0.2, -0.15) is 0 Å². The molecule has 44 heavy (non-hydrogen) atoms. The quantitative estimate of drug-likeness (QED) is 0.150. The van der Waals surface area contributed by atoms with Crippen molar-refractivity contribution in [2.75, 3.05) is 6.61 Å². The van der Waals surface area contributed by atoms with Gasteiger partial charge in [-0.1, -0.05) is 81.9 Å². The number of carbonyl (C=O) groups is 1. The van der Waals surface area contributed by atoms with E-state index >= 15 is 0 Å². The van der Waals surface area contributed by atoms with Crippen molar-refractivity contribution in [1.82, 2.24) is 0 Å². The van der Waals surface area contributed by atoms with Gasteiger partial charge in [-0.05, 0) is 69.5 Å². The third-order valence-corrected chi connectivity index (χ3v) is 14.1. The molecule has 7 nitrogen and oxygen atoms in total. The van der Waals surface area contributed by atoms with Gasteiger partial charge in [0.25, 0.3) is 0 Å². The smallest absolute Gasteiger partial charge is 0.330 e. The molecule has 0 saturated carbocycles. The van der Waals surface area contributed by atoms with Crippen molar-refractivity contribution < 1.29 is 33.3 Å². The summed E-state index contributed by atoms with van der Waals surface area (Å²) in [5.74, 6) is -0.0267. The van der Waals surface area contributed by atoms with Crippen LogP contribution < -0.4 is 0 Å². The van der Waals surface area contributed by atoms with Crippen LogP contribution in [0.15, 0.2) is 60.3 Å². The lowest BCUT2D eigenvalue weighted by atomic mass is 9.91. The van der Waals surface area contributed by atoms with E-state index in [4.69, 9.17) is 23.4 Å². The summed E-state index contributed by atoms with van der Waals surface area (Å²) in [5.41, 5.74) is 2.32. The summed E-state index contributed by atoms with van der Waals surface area (Å²) in [5, 5.41) is 11.0. The molecule has 2 bridgehead atoms. The van der Waals surface area contributed by atoms with E-state index < -0.39 is 32.6 Å². The Labute approximate surface area is 266 Å². The number of esters is 1. The lowest BCUT2D eigenvalue weighted by Crippen LogP contribution is -2.47. The first-order valence-electron chi connectivity index (χ1n) is 16.5. The van der Waals surface area contributed by atoms with E-state index in [-0.39, 0.29) is 35.6 Å². The number of ether oxygens (including phenoxy) is 4. The molecule has 9 atom stereocenters. The maximum atomic E-state index is 13.3. The van der Waals surface area contributed by atoms with Gasteiger partial charge in [0.2, 0.25) is 0 Å². The first-order valence-corrected chi connectivity index (χ1v) is 19.4. The van der Waals surface area contributed by atoms with E-state index in [1.54, 1.807) is 0 Å². The first kappa shape index (κ1) is 35.0. The molecule has 0 aromatic heterocycles. The molecule has 0 unspecified atom stereocenters. The third-order valence-electron chi connectivity index (χ3n) is 9.66. The Kier molecular flexibility index (Phi) is 12.1. The first-order chi connectivity index (χ1) is 20.7. The molecule has 246 valence electrons. The minimum Gasteiger partial charge on any atom is -0.456 e. The highest BCUT2D eigenvalue weighted by Gasteiger charge is 2.48. The van der Waals surface area contributed by atoms with Gasteiger partial charge >= 0.3 is 5.97 Å². The van der Waals surface area contributed by atoms with Crippen LogP contribution in [-0.4, -0.2) is 74.8 Å². The van der Waals surface area contributed by atoms with Gasteiger partial charge in [0.15, 0.2) is 8.32 Å². The predicted octanol–water partition coefficient (Wildman–Crippen LogP) is 7.13. The summed E-state index contributed by atoms with van der Waals surface area (Å²) in [6.07, 6.45) is 16.5. The second kappa shape index (κ2) is 15.2. The molecular weight excluding hydrogens is 572 g/mol. The van der Waals surface area contributed by atoms with Crippen LogP contribution in [0.25, 0.3) is 0 Å². The van der Waals surface area contributed by atoms with Crippen molar-refractivity contribution in [3.8, 4) is 0 Å². The normalized spacial score (nSPS) is 35.3. The Hall–Kier alpha value is -1.81. The maximum absolute atomic E-state index is 13.3. The number of cyclic esters (lactones) is 1. The van der Waals surface area contributed by atoms with E-state index in [1.165, 1.54) is 11.6 Å². The highest BCUT2D eigenvalue weighted by atomic mass is 28.4. The van der Waals surface area contributed by atoms with Crippen LogP contribution in [0.3, 0.4) is 0 Å². The summed E-state index contributed by atoms with van der Waals surface area (Å²) in [7, 11) is -2.27. The molecule has 0 spiro atoms. The number of hydrogen-bond donors (Lipinski definition) is 1. The van der Waals surface area contributed by atoms with Crippen LogP contribution in [0.1, 0.15) is 79.6 Å². The van der Waals surface area contributed by atoms with E-state index in [1.807, 2.05) is 12.2 Å². The summed E-state index contributed by atoms with van der Waals surface area (Å²) < 4.78 is 31.4. The van der Waals surface area contributed by atoms with E-state index in [2.05, 4.69) is 78.6 Å². The van der Waals surface area contributed by atoms with Crippen LogP contribution in [0.5, 0.6) is 0 Å². The average molecular weight is 629 g/mol. The van der Waals surface area contributed by atoms with Crippen LogP contribution in [-0.2, 0) is 28.2 Å². The SMILES string of the molecule is C=C1C[C@H](C)C[C@@H]2CC=C[C@@H](CC=CC(=O)O[C@H]([C@H](C=C[C@@H]3CC(C)=CCO3)O[Si](C)(C)C(C)(C)C)C[C@@H]3O[C@H]3[C@@H](O)C1)O2. The van der Waals surface area contributed by atoms with Crippen LogP contribution in [0, 0.1) is 5.92 Å². The van der Waals surface area contributed by atoms with Crippen molar-refractivity contribution in [3.05, 3.63) is 60.3 Å². The van der Waals surface area contributed by atoms with E-state index in [9.17, 15) is 9.90 Å². The molecule has 0 aromatic rings. The Morgan fingerprint density at radius 2 is 1.89 bits per heavy atom. The fraction of sp³-hybridized carbons (Fsp3) is 0.694. The van der Waals surface area contributed by atoms with Gasteiger partial charge in [0.1, 0.15) is 18.3 Å². The van der Waals surface area contributed by atoms with Crippen LogP contribution in [0.2, 0.25) is 18.1 Å². The number of aliphatic hydroxyl groups is 1. The Balaban J connectivity index is 1.59. The minimum atomic E-state index is -2.27. The molecule has 1 fully saturated rings. The Morgan fingerprint density at radius 1 is 1.11 bits per heavy atom. The zero-order valence-electron chi connectivity index (χ0n) is 28.0. The van der Waals surface area contributed by atoms with Crippen molar-refractivity contribution in [2.45, 2.75) is 147 Å². The predicted molar refractivity (Wildman–Crippen MR) is 177 cm³/mol. The fourth-order valence-corrected chi connectivity index (χ4v) is 7.34. The summed E-state index contributed by atoms with van der Waals surface area (Å²) in [6, 6.07) is 0. The molecule has 4 aliphatic heterocycles. The number of epoxide rings is 1. The molecule has 0 radical (unpaired) electrons. The number of aliphatic hydroxyl groups excluding tert-OH is 1. The topological polar surface area (TPSA) is 86.8 Å². The highest BCUT2D eigenvalue weighted by Crippen LogP contribution is 2.40. The molecule has 8 heteroatoms. The molecule has 0 aromatic carbocycles. The summed E-state index contributed by atoms with van der Waals surface area (Å²) in [4.78, 5) is 13.3. The monoisotopic (exact) mass is 628 g/mol. The van der Waals surface area contributed by atoms with Crippen LogP contribution in [0.4, 0.5) is 0 Å². The highest BCUT2D eigenvalue weighted by molar-refractivity contribution is 6.74. The van der Waals surface area contributed by atoms with Crippen LogP contribution >= 0.6 is 0 Å². The Morgan fingerprint density at radius 3 is 2.61 bits per heavy atom. The Bertz CT molecular complexity index is 1120. The van der Waals surface area contributed by atoms with E-state index in [0.29, 0.717) is 31.8 Å². The van der Waals surface area contributed by atoms with Gasteiger partial charge < -0.3 is 28.5 Å². The van der Waals surface area contributed by atoms with Gasteiger partial charge in [-0.25, -0.2) is 4.79 Å². The van der Waals surface area contributed by atoms with Gasteiger partial charge in [0.05, 0.1) is 37.1 Å². The number of hydrogen-bond acceptors (Lipinski definition) is 7. The second-order valence-corrected chi connectivity index (χ2v) is 19.6. The lowest BCUT2D eigenvalue weighted by molar-refractivity contribution is -0.147. The van der Waals surface area contributed by atoms with Gasteiger partial charge in [-0.15, -0.1) is 0 Å². The summed E-state index contributed by atoms with van der Waals surface area (Å²) in [6.45, 7) is 20.2. The maximum Gasteiger partial charge on any atom is 0.330 e. The average Bonchev–Trinajstić information content (AvgIpc) is 3.69. The fourth-order valence-electron chi connectivity index (χ4n) is 6.07.